The zero-order chi connectivity index (χ0) is 15.4. The molecule has 21 heavy (non-hydrogen) atoms. The molecule has 0 radical (unpaired) electrons. The van der Waals surface area contributed by atoms with Gasteiger partial charge < -0.3 is 20.5 Å². The Morgan fingerprint density at radius 3 is 2.76 bits per heavy atom. The number of nitrogens with one attached hydrogen (secondary N) is 2. The van der Waals surface area contributed by atoms with E-state index in [1.54, 1.807) is 0 Å². The summed E-state index contributed by atoms with van der Waals surface area (Å²) in [5.74, 6) is -1.91. The minimum absolute atomic E-state index is 0.0168. The molecule has 2 rings (SSSR count). The maximum absolute atomic E-state index is 12.0. The van der Waals surface area contributed by atoms with Crippen LogP contribution in [0, 0.1) is 0 Å². The third kappa shape index (κ3) is 3.73. The van der Waals surface area contributed by atoms with Crippen molar-refractivity contribution >= 4 is 23.5 Å². The van der Waals surface area contributed by atoms with E-state index in [-0.39, 0.29) is 22.8 Å². The molecule has 110 valence electrons. The van der Waals surface area contributed by atoms with Crippen LogP contribution in [0.4, 0.5) is 0 Å². The number of carboxylic acids is 1. The van der Waals surface area contributed by atoms with E-state index in [1.165, 1.54) is 30.7 Å². The lowest BCUT2D eigenvalue weighted by Gasteiger charge is -2.14. The summed E-state index contributed by atoms with van der Waals surface area (Å²) in [4.78, 5) is 29.8. The summed E-state index contributed by atoms with van der Waals surface area (Å²) < 4.78 is 0. The predicted octanol–water partition coefficient (Wildman–Crippen LogP) is 1.19. The van der Waals surface area contributed by atoms with Crippen LogP contribution in [0.15, 0.2) is 30.7 Å². The Balaban J connectivity index is 2.10. The molecule has 0 saturated carbocycles. The number of rotatable bonds is 5. The van der Waals surface area contributed by atoms with Crippen molar-refractivity contribution in [3.63, 3.8) is 0 Å². The topological polar surface area (TPSA) is 115 Å². The fraction of sp³-hybridized carbons (Fsp3) is 0.154. The molecule has 8 heteroatoms. The number of imidazole rings is 1. The molecule has 4 N–H and O–H groups in total. The standard InChI is InChI=1S/C13H12ClN3O4/c14-9-3-7(1-2-11(9)18)12(19)17-10(13(20)21)4-8-5-15-6-16-8/h1-3,5-6,10,18H,4H2,(H,15,16)(H,17,19)(H,20,21). The molecule has 0 fully saturated rings. The fourth-order valence-corrected chi connectivity index (χ4v) is 1.89. The van der Waals surface area contributed by atoms with Crippen LogP contribution in [0.5, 0.6) is 5.75 Å². The first-order valence-corrected chi connectivity index (χ1v) is 6.34. The summed E-state index contributed by atoms with van der Waals surface area (Å²) in [7, 11) is 0. The zero-order valence-corrected chi connectivity index (χ0v) is 11.5. The fourth-order valence-electron chi connectivity index (χ4n) is 1.71. The Morgan fingerprint density at radius 2 is 2.19 bits per heavy atom. The Kier molecular flexibility index (Phi) is 4.44. The molecule has 0 aliphatic rings. The van der Waals surface area contributed by atoms with Crippen molar-refractivity contribution < 1.29 is 19.8 Å². The van der Waals surface area contributed by atoms with Gasteiger partial charge in [0, 0.05) is 23.9 Å². The highest BCUT2D eigenvalue weighted by molar-refractivity contribution is 6.32. The lowest BCUT2D eigenvalue weighted by molar-refractivity contribution is -0.139. The molecule has 1 unspecified atom stereocenters. The van der Waals surface area contributed by atoms with Gasteiger partial charge in [-0.15, -0.1) is 0 Å². The second-order valence-corrected chi connectivity index (χ2v) is 4.72. The summed E-state index contributed by atoms with van der Waals surface area (Å²) in [6.45, 7) is 0. The van der Waals surface area contributed by atoms with Crippen molar-refractivity contribution in [3.05, 3.63) is 47.0 Å². The lowest BCUT2D eigenvalue weighted by Crippen LogP contribution is -2.42. The molecule has 0 aliphatic heterocycles. The molecule has 2 aromatic rings. The Hall–Kier alpha value is -2.54. The molecule has 1 aromatic heterocycles. The Labute approximate surface area is 124 Å². The molecular formula is C13H12ClN3O4. The number of halogens is 1. The number of aliphatic carboxylic acids is 1. The minimum Gasteiger partial charge on any atom is -0.506 e. The maximum Gasteiger partial charge on any atom is 0.326 e. The average molecular weight is 310 g/mol. The van der Waals surface area contributed by atoms with E-state index in [0.717, 1.165) is 0 Å². The van der Waals surface area contributed by atoms with Crippen LogP contribution >= 0.6 is 11.6 Å². The number of phenolic OH excluding ortho intramolecular Hbond substituents is 1. The number of aromatic amines is 1. The number of amides is 1. The number of carbonyl (C=O) groups excluding carboxylic acids is 1. The molecular weight excluding hydrogens is 298 g/mol. The van der Waals surface area contributed by atoms with Crippen LogP contribution in [0.25, 0.3) is 0 Å². The molecule has 1 atom stereocenters. The van der Waals surface area contributed by atoms with Crippen LogP contribution in [0.1, 0.15) is 16.1 Å². The highest BCUT2D eigenvalue weighted by Gasteiger charge is 2.22. The largest absolute Gasteiger partial charge is 0.506 e. The van der Waals surface area contributed by atoms with Gasteiger partial charge in [-0.1, -0.05) is 11.6 Å². The second kappa shape index (κ2) is 6.27. The highest BCUT2D eigenvalue weighted by Crippen LogP contribution is 2.23. The number of benzene rings is 1. The van der Waals surface area contributed by atoms with Crippen LogP contribution in [-0.4, -0.2) is 38.1 Å². The first-order chi connectivity index (χ1) is 9.97. The molecule has 7 nitrogen and oxygen atoms in total. The van der Waals surface area contributed by atoms with Gasteiger partial charge in [0.1, 0.15) is 11.8 Å². The van der Waals surface area contributed by atoms with Gasteiger partial charge in [0.05, 0.1) is 11.3 Å². The summed E-state index contributed by atoms with van der Waals surface area (Å²) in [5.41, 5.74) is 0.750. The second-order valence-electron chi connectivity index (χ2n) is 4.31. The van der Waals surface area contributed by atoms with E-state index in [9.17, 15) is 14.7 Å². The van der Waals surface area contributed by atoms with Gasteiger partial charge in [0.2, 0.25) is 0 Å². The number of hydrogen-bond acceptors (Lipinski definition) is 4. The predicted molar refractivity (Wildman–Crippen MR) is 74.3 cm³/mol. The van der Waals surface area contributed by atoms with Crippen molar-refractivity contribution in [1.29, 1.82) is 0 Å². The number of aromatic hydroxyl groups is 1. The summed E-state index contributed by atoms with van der Waals surface area (Å²) in [6, 6.07) is 2.78. The van der Waals surface area contributed by atoms with Gasteiger partial charge in [-0.2, -0.15) is 0 Å². The SMILES string of the molecule is O=C(NC(Cc1cnc[nH]1)C(=O)O)c1ccc(O)c(Cl)c1. The zero-order valence-electron chi connectivity index (χ0n) is 10.7. The van der Waals surface area contributed by atoms with Crippen LogP contribution in [0.3, 0.4) is 0 Å². The van der Waals surface area contributed by atoms with E-state index in [1.807, 2.05) is 0 Å². The van der Waals surface area contributed by atoms with E-state index in [0.29, 0.717) is 5.69 Å². The number of aromatic nitrogens is 2. The molecule has 1 heterocycles. The van der Waals surface area contributed by atoms with Crippen molar-refractivity contribution in [2.24, 2.45) is 0 Å². The van der Waals surface area contributed by atoms with Gasteiger partial charge in [-0.25, -0.2) is 9.78 Å². The van der Waals surface area contributed by atoms with Crippen LogP contribution < -0.4 is 5.32 Å². The summed E-state index contributed by atoms with van der Waals surface area (Å²) >= 11 is 5.71. The number of carboxylic acid groups (broad SMARTS) is 1. The van der Waals surface area contributed by atoms with Crippen molar-refractivity contribution in [1.82, 2.24) is 15.3 Å². The number of nitrogens with zero attached hydrogens (tertiary/aromatic N) is 1. The molecule has 0 spiro atoms. The normalized spacial score (nSPS) is 11.9. The van der Waals surface area contributed by atoms with E-state index < -0.39 is 17.9 Å². The van der Waals surface area contributed by atoms with E-state index in [2.05, 4.69) is 15.3 Å². The number of H-pyrrole nitrogens is 1. The van der Waals surface area contributed by atoms with Crippen molar-refractivity contribution in [2.45, 2.75) is 12.5 Å². The van der Waals surface area contributed by atoms with Crippen LogP contribution in [-0.2, 0) is 11.2 Å². The smallest absolute Gasteiger partial charge is 0.326 e. The summed E-state index contributed by atoms with van der Waals surface area (Å²) in [6.07, 6.45) is 2.99. The monoisotopic (exact) mass is 309 g/mol. The maximum atomic E-state index is 12.0. The third-order valence-electron chi connectivity index (χ3n) is 2.79. The molecule has 0 saturated heterocycles. The highest BCUT2D eigenvalue weighted by atomic mass is 35.5. The van der Waals surface area contributed by atoms with E-state index >= 15 is 0 Å². The van der Waals surface area contributed by atoms with Gasteiger partial charge in [0.15, 0.2) is 0 Å². The minimum atomic E-state index is -1.16. The van der Waals surface area contributed by atoms with Gasteiger partial charge in [-0.05, 0) is 18.2 Å². The van der Waals surface area contributed by atoms with Crippen molar-refractivity contribution in [3.8, 4) is 5.75 Å². The van der Waals surface area contributed by atoms with Crippen LogP contribution in [0.2, 0.25) is 5.02 Å². The molecule has 0 bridgehead atoms. The van der Waals surface area contributed by atoms with Gasteiger partial charge in [-0.3, -0.25) is 4.79 Å². The first kappa shape index (κ1) is 14.9. The third-order valence-corrected chi connectivity index (χ3v) is 3.09. The Morgan fingerprint density at radius 1 is 1.43 bits per heavy atom. The van der Waals surface area contributed by atoms with Gasteiger partial charge in [0.25, 0.3) is 5.91 Å². The first-order valence-electron chi connectivity index (χ1n) is 5.97. The Bertz CT molecular complexity index is 657. The van der Waals surface area contributed by atoms with Crippen molar-refractivity contribution in [2.75, 3.05) is 0 Å². The average Bonchev–Trinajstić information content (AvgIpc) is 2.93. The lowest BCUT2D eigenvalue weighted by atomic mass is 10.1. The number of hydrogen-bond donors (Lipinski definition) is 4. The summed E-state index contributed by atoms with van der Waals surface area (Å²) in [5, 5.41) is 20.9. The molecule has 1 amide bonds. The molecule has 1 aromatic carbocycles. The number of phenols is 1. The van der Waals surface area contributed by atoms with E-state index in [4.69, 9.17) is 16.7 Å². The van der Waals surface area contributed by atoms with Gasteiger partial charge >= 0.3 is 5.97 Å². The quantitative estimate of drug-likeness (QED) is 0.662. The molecule has 0 aliphatic carbocycles. The number of carbonyl (C=O) groups is 2.